The Morgan fingerprint density at radius 2 is 2.10 bits per heavy atom. The molecule has 1 aromatic carbocycles. The van der Waals surface area contributed by atoms with Crippen molar-refractivity contribution in [3.8, 4) is 0 Å². The summed E-state index contributed by atoms with van der Waals surface area (Å²) in [6.45, 7) is 3.09. The first-order valence-corrected chi connectivity index (χ1v) is 7.01. The van der Waals surface area contributed by atoms with E-state index in [0.29, 0.717) is 13.2 Å². The standard InChI is InChI=1S/C15H20F3NO/c1-2-19-13(7-9-15(16,17)18)14-12-6-4-3-5-11(12)8-10-20-14/h3-6,13-14,19H,2,7-10H2,1H3. The number of alkyl halides is 3. The maximum Gasteiger partial charge on any atom is 0.389 e. The van der Waals surface area contributed by atoms with Crippen LogP contribution in [0.3, 0.4) is 0 Å². The molecule has 1 heterocycles. The van der Waals surface area contributed by atoms with Gasteiger partial charge < -0.3 is 10.1 Å². The molecule has 112 valence electrons. The average Bonchev–Trinajstić information content (AvgIpc) is 2.42. The van der Waals surface area contributed by atoms with E-state index in [-0.39, 0.29) is 18.6 Å². The van der Waals surface area contributed by atoms with Crippen molar-refractivity contribution in [1.82, 2.24) is 5.32 Å². The van der Waals surface area contributed by atoms with Gasteiger partial charge in [-0.25, -0.2) is 0 Å². The smallest absolute Gasteiger partial charge is 0.372 e. The van der Waals surface area contributed by atoms with E-state index in [2.05, 4.69) is 5.32 Å². The minimum atomic E-state index is -4.12. The number of hydrogen-bond donors (Lipinski definition) is 1. The summed E-state index contributed by atoms with van der Waals surface area (Å²) in [5, 5.41) is 3.14. The van der Waals surface area contributed by atoms with Crippen molar-refractivity contribution in [2.45, 2.75) is 44.5 Å². The summed E-state index contributed by atoms with van der Waals surface area (Å²) in [4.78, 5) is 0. The zero-order chi connectivity index (χ0) is 14.6. The van der Waals surface area contributed by atoms with E-state index in [9.17, 15) is 13.2 Å². The minimum absolute atomic E-state index is 0.0380. The molecule has 1 aliphatic heterocycles. The van der Waals surface area contributed by atoms with Crippen LogP contribution in [0, 0.1) is 0 Å². The Morgan fingerprint density at radius 3 is 2.80 bits per heavy atom. The van der Waals surface area contributed by atoms with Crippen LogP contribution in [0.2, 0.25) is 0 Å². The molecule has 2 nitrogen and oxygen atoms in total. The van der Waals surface area contributed by atoms with Gasteiger partial charge in [-0.05, 0) is 30.5 Å². The van der Waals surface area contributed by atoms with Crippen molar-refractivity contribution in [1.29, 1.82) is 0 Å². The third-order valence-electron chi connectivity index (χ3n) is 3.60. The van der Waals surface area contributed by atoms with E-state index in [0.717, 1.165) is 12.0 Å². The van der Waals surface area contributed by atoms with Crippen LogP contribution < -0.4 is 5.32 Å². The van der Waals surface area contributed by atoms with Gasteiger partial charge in [0.25, 0.3) is 0 Å². The van der Waals surface area contributed by atoms with Crippen molar-refractivity contribution in [3.05, 3.63) is 35.4 Å². The molecule has 1 aliphatic rings. The second-order valence-corrected chi connectivity index (χ2v) is 5.06. The number of likely N-dealkylation sites (N-methyl/N-ethyl adjacent to an activating group) is 1. The quantitative estimate of drug-likeness (QED) is 0.893. The highest BCUT2D eigenvalue weighted by Gasteiger charge is 2.33. The highest BCUT2D eigenvalue weighted by molar-refractivity contribution is 5.31. The molecule has 0 aliphatic carbocycles. The van der Waals surface area contributed by atoms with Gasteiger partial charge in [-0.3, -0.25) is 0 Å². The molecule has 2 rings (SSSR count). The molecule has 0 fully saturated rings. The molecule has 0 saturated heterocycles. The van der Waals surface area contributed by atoms with Gasteiger partial charge in [-0.15, -0.1) is 0 Å². The summed E-state index contributed by atoms with van der Waals surface area (Å²) >= 11 is 0. The summed E-state index contributed by atoms with van der Waals surface area (Å²) in [7, 11) is 0. The Morgan fingerprint density at radius 1 is 1.35 bits per heavy atom. The van der Waals surface area contributed by atoms with E-state index in [1.165, 1.54) is 5.56 Å². The summed E-state index contributed by atoms with van der Waals surface area (Å²) < 4.78 is 43.1. The number of hydrogen-bond acceptors (Lipinski definition) is 2. The molecule has 0 saturated carbocycles. The van der Waals surface area contributed by atoms with E-state index >= 15 is 0 Å². The molecule has 20 heavy (non-hydrogen) atoms. The van der Waals surface area contributed by atoms with Crippen molar-refractivity contribution >= 4 is 0 Å². The topological polar surface area (TPSA) is 21.3 Å². The number of fused-ring (bicyclic) bond motifs is 1. The Bertz CT molecular complexity index is 433. The van der Waals surface area contributed by atoms with Crippen LogP contribution in [0.4, 0.5) is 13.2 Å². The lowest BCUT2D eigenvalue weighted by Gasteiger charge is -2.33. The van der Waals surface area contributed by atoms with Crippen LogP contribution in [0.25, 0.3) is 0 Å². The highest BCUT2D eigenvalue weighted by Crippen LogP contribution is 2.33. The SMILES string of the molecule is CCNC(CCC(F)(F)F)C1OCCc2ccccc21. The average molecular weight is 287 g/mol. The number of benzene rings is 1. The van der Waals surface area contributed by atoms with Gasteiger partial charge in [0.2, 0.25) is 0 Å². The maximum absolute atomic E-state index is 12.5. The zero-order valence-electron chi connectivity index (χ0n) is 11.5. The zero-order valence-corrected chi connectivity index (χ0v) is 11.5. The Hall–Kier alpha value is -1.07. The number of halogens is 3. The fourth-order valence-corrected chi connectivity index (χ4v) is 2.70. The van der Waals surface area contributed by atoms with Crippen LogP contribution in [-0.2, 0) is 11.2 Å². The fraction of sp³-hybridized carbons (Fsp3) is 0.600. The van der Waals surface area contributed by atoms with Gasteiger partial charge >= 0.3 is 6.18 Å². The largest absolute Gasteiger partial charge is 0.389 e. The van der Waals surface area contributed by atoms with Crippen LogP contribution >= 0.6 is 0 Å². The van der Waals surface area contributed by atoms with Gasteiger partial charge in [0.15, 0.2) is 0 Å². The van der Waals surface area contributed by atoms with E-state index in [1.807, 2.05) is 31.2 Å². The summed E-state index contributed by atoms with van der Waals surface area (Å²) in [5.41, 5.74) is 2.20. The fourth-order valence-electron chi connectivity index (χ4n) is 2.70. The molecule has 1 N–H and O–H groups in total. The van der Waals surface area contributed by atoms with E-state index < -0.39 is 12.6 Å². The Labute approximate surface area is 117 Å². The van der Waals surface area contributed by atoms with Crippen molar-refractivity contribution < 1.29 is 17.9 Å². The molecule has 2 unspecified atom stereocenters. The molecule has 0 radical (unpaired) electrons. The molecule has 1 aromatic rings. The molecule has 2 atom stereocenters. The maximum atomic E-state index is 12.5. The normalized spacial score (nSPS) is 20.5. The van der Waals surface area contributed by atoms with E-state index in [4.69, 9.17) is 4.74 Å². The van der Waals surface area contributed by atoms with Crippen molar-refractivity contribution in [2.75, 3.05) is 13.2 Å². The Kier molecular flexibility index (Phi) is 5.05. The lowest BCUT2D eigenvalue weighted by atomic mass is 9.91. The van der Waals surface area contributed by atoms with Crippen LogP contribution in [-0.4, -0.2) is 25.4 Å². The lowest BCUT2D eigenvalue weighted by Crippen LogP contribution is -2.39. The van der Waals surface area contributed by atoms with Crippen LogP contribution in [0.1, 0.15) is 37.0 Å². The first-order chi connectivity index (χ1) is 9.51. The monoisotopic (exact) mass is 287 g/mol. The van der Waals surface area contributed by atoms with Crippen LogP contribution in [0.15, 0.2) is 24.3 Å². The number of nitrogens with one attached hydrogen (secondary N) is 1. The van der Waals surface area contributed by atoms with Crippen molar-refractivity contribution in [2.24, 2.45) is 0 Å². The molecular weight excluding hydrogens is 267 g/mol. The van der Waals surface area contributed by atoms with Crippen molar-refractivity contribution in [3.63, 3.8) is 0 Å². The van der Waals surface area contributed by atoms with Gasteiger partial charge in [0.05, 0.1) is 12.7 Å². The molecule has 0 bridgehead atoms. The third-order valence-corrected chi connectivity index (χ3v) is 3.60. The number of ether oxygens (including phenoxy) is 1. The molecule has 0 amide bonds. The van der Waals surface area contributed by atoms with Gasteiger partial charge in [-0.2, -0.15) is 13.2 Å². The predicted molar refractivity (Wildman–Crippen MR) is 71.6 cm³/mol. The van der Waals surface area contributed by atoms with Gasteiger partial charge in [0.1, 0.15) is 0 Å². The van der Waals surface area contributed by atoms with E-state index in [1.54, 1.807) is 0 Å². The second-order valence-electron chi connectivity index (χ2n) is 5.06. The Balaban J connectivity index is 2.13. The van der Waals surface area contributed by atoms with Gasteiger partial charge in [0, 0.05) is 12.5 Å². The first-order valence-electron chi connectivity index (χ1n) is 7.01. The van der Waals surface area contributed by atoms with Crippen LogP contribution in [0.5, 0.6) is 0 Å². The third kappa shape index (κ3) is 3.96. The van der Waals surface area contributed by atoms with Gasteiger partial charge in [-0.1, -0.05) is 31.2 Å². The summed E-state index contributed by atoms with van der Waals surface area (Å²) in [6, 6.07) is 7.55. The lowest BCUT2D eigenvalue weighted by molar-refractivity contribution is -0.139. The molecular formula is C15H20F3NO. The minimum Gasteiger partial charge on any atom is -0.372 e. The summed E-state index contributed by atoms with van der Waals surface area (Å²) in [6.07, 6.45) is -4.34. The second kappa shape index (κ2) is 6.59. The molecule has 5 heteroatoms. The first kappa shape index (κ1) is 15.3. The summed E-state index contributed by atoms with van der Waals surface area (Å²) in [5.74, 6) is 0. The highest BCUT2D eigenvalue weighted by atomic mass is 19.4. The molecule has 0 aromatic heterocycles. The number of rotatable bonds is 5. The molecule has 0 spiro atoms. The predicted octanol–water partition coefficient (Wildman–Crippen LogP) is 3.62.